The lowest BCUT2D eigenvalue weighted by Crippen LogP contribution is -1.95. The summed E-state index contributed by atoms with van der Waals surface area (Å²) in [5.74, 6) is 0. The van der Waals surface area contributed by atoms with Crippen LogP contribution in [0.5, 0.6) is 0 Å². The number of aryl methyl sites for hydroxylation is 1. The summed E-state index contributed by atoms with van der Waals surface area (Å²) in [6, 6.07) is 8.18. The second kappa shape index (κ2) is 5.61. The van der Waals surface area contributed by atoms with Gasteiger partial charge in [-0.05, 0) is 24.0 Å². The van der Waals surface area contributed by atoms with Crippen LogP contribution in [0.15, 0.2) is 36.9 Å². The van der Waals surface area contributed by atoms with E-state index in [4.69, 9.17) is 0 Å². The van der Waals surface area contributed by atoms with Crippen molar-refractivity contribution < 1.29 is 5.11 Å². The minimum absolute atomic E-state index is 0.400. The number of aliphatic hydroxyl groups is 1. The van der Waals surface area contributed by atoms with Crippen LogP contribution in [-0.2, 0) is 6.42 Å². The molecule has 0 amide bonds. The molecule has 1 nitrogen and oxygen atoms in total. The lowest BCUT2D eigenvalue weighted by atomic mass is 10.0. The molecule has 0 fully saturated rings. The molecule has 0 spiro atoms. The Kier molecular flexibility index (Phi) is 4.41. The fourth-order valence-electron chi connectivity index (χ4n) is 1.49. The van der Waals surface area contributed by atoms with Gasteiger partial charge in [0, 0.05) is 0 Å². The van der Waals surface area contributed by atoms with Crippen molar-refractivity contribution in [3.05, 3.63) is 48.0 Å². The zero-order valence-corrected chi connectivity index (χ0v) is 8.74. The van der Waals surface area contributed by atoms with Gasteiger partial charge in [-0.15, -0.1) is 6.58 Å². The standard InChI is InChI=1S/C13H18O/c1-3-5-11-7-9-12(10-8-11)13(14)6-4-2/h4,7-10,13-14H,2-3,5-6H2,1H3. The first-order valence-corrected chi connectivity index (χ1v) is 5.15. The van der Waals surface area contributed by atoms with E-state index in [1.165, 1.54) is 5.56 Å². The van der Waals surface area contributed by atoms with E-state index in [1.807, 2.05) is 12.1 Å². The third-order valence-corrected chi connectivity index (χ3v) is 2.29. The van der Waals surface area contributed by atoms with Crippen molar-refractivity contribution in [1.82, 2.24) is 0 Å². The molecule has 1 heteroatoms. The highest BCUT2D eigenvalue weighted by atomic mass is 16.3. The normalized spacial score (nSPS) is 12.4. The molecule has 0 aromatic heterocycles. The number of hydrogen-bond donors (Lipinski definition) is 1. The van der Waals surface area contributed by atoms with Crippen LogP contribution < -0.4 is 0 Å². The Morgan fingerprint density at radius 2 is 2.00 bits per heavy atom. The third kappa shape index (κ3) is 3.00. The van der Waals surface area contributed by atoms with Crippen molar-refractivity contribution in [2.45, 2.75) is 32.3 Å². The van der Waals surface area contributed by atoms with Gasteiger partial charge in [0.25, 0.3) is 0 Å². The Morgan fingerprint density at radius 3 is 2.50 bits per heavy atom. The van der Waals surface area contributed by atoms with E-state index < -0.39 is 6.10 Å². The van der Waals surface area contributed by atoms with Crippen LogP contribution in [0.4, 0.5) is 0 Å². The van der Waals surface area contributed by atoms with Gasteiger partial charge in [0.15, 0.2) is 0 Å². The first-order chi connectivity index (χ1) is 6.77. The van der Waals surface area contributed by atoms with Gasteiger partial charge in [-0.25, -0.2) is 0 Å². The molecule has 0 aliphatic rings. The van der Waals surface area contributed by atoms with Gasteiger partial charge in [0.05, 0.1) is 6.10 Å². The van der Waals surface area contributed by atoms with E-state index in [9.17, 15) is 5.11 Å². The molecule has 1 N–H and O–H groups in total. The van der Waals surface area contributed by atoms with E-state index in [-0.39, 0.29) is 0 Å². The zero-order valence-electron chi connectivity index (χ0n) is 8.74. The van der Waals surface area contributed by atoms with Crippen molar-refractivity contribution in [3.8, 4) is 0 Å². The predicted molar refractivity (Wildman–Crippen MR) is 60.2 cm³/mol. The lowest BCUT2D eigenvalue weighted by molar-refractivity contribution is 0.181. The van der Waals surface area contributed by atoms with Gasteiger partial charge in [-0.3, -0.25) is 0 Å². The van der Waals surface area contributed by atoms with E-state index in [0.717, 1.165) is 18.4 Å². The molecule has 76 valence electrons. The summed E-state index contributed by atoms with van der Waals surface area (Å²) in [6.45, 7) is 5.78. The topological polar surface area (TPSA) is 20.2 Å². The molecule has 1 unspecified atom stereocenters. The Labute approximate surface area is 86.1 Å². The van der Waals surface area contributed by atoms with Gasteiger partial charge in [-0.2, -0.15) is 0 Å². The first-order valence-electron chi connectivity index (χ1n) is 5.15. The highest BCUT2D eigenvalue weighted by Crippen LogP contribution is 2.17. The fraction of sp³-hybridized carbons (Fsp3) is 0.385. The van der Waals surface area contributed by atoms with E-state index in [0.29, 0.717) is 6.42 Å². The molecule has 0 radical (unpaired) electrons. The minimum Gasteiger partial charge on any atom is -0.388 e. The largest absolute Gasteiger partial charge is 0.388 e. The predicted octanol–water partition coefficient (Wildman–Crippen LogP) is 3.25. The summed E-state index contributed by atoms with van der Waals surface area (Å²) in [5.41, 5.74) is 2.31. The first kappa shape index (κ1) is 11.0. The Morgan fingerprint density at radius 1 is 1.36 bits per heavy atom. The van der Waals surface area contributed by atoms with Crippen LogP contribution in [-0.4, -0.2) is 5.11 Å². The Bertz CT molecular complexity index is 274. The fourth-order valence-corrected chi connectivity index (χ4v) is 1.49. The van der Waals surface area contributed by atoms with Gasteiger partial charge < -0.3 is 5.11 Å². The van der Waals surface area contributed by atoms with Crippen molar-refractivity contribution in [2.24, 2.45) is 0 Å². The molecule has 0 aliphatic carbocycles. The second-order valence-electron chi connectivity index (χ2n) is 3.53. The molecule has 1 atom stereocenters. The molecular formula is C13H18O. The summed E-state index contributed by atoms with van der Waals surface area (Å²) in [6.07, 6.45) is 4.23. The number of hydrogen-bond acceptors (Lipinski definition) is 1. The highest BCUT2D eigenvalue weighted by Gasteiger charge is 2.04. The van der Waals surface area contributed by atoms with Crippen molar-refractivity contribution in [1.29, 1.82) is 0 Å². The van der Waals surface area contributed by atoms with Gasteiger partial charge in [-0.1, -0.05) is 43.7 Å². The van der Waals surface area contributed by atoms with Gasteiger partial charge in [0.2, 0.25) is 0 Å². The molecule has 1 rings (SSSR count). The summed E-state index contributed by atoms with van der Waals surface area (Å²) in [4.78, 5) is 0. The van der Waals surface area contributed by atoms with E-state index >= 15 is 0 Å². The van der Waals surface area contributed by atoms with Gasteiger partial charge in [0.1, 0.15) is 0 Å². The monoisotopic (exact) mass is 190 g/mol. The molecule has 0 saturated carbocycles. The van der Waals surface area contributed by atoms with Crippen molar-refractivity contribution >= 4 is 0 Å². The molecule has 0 heterocycles. The molecule has 1 aromatic rings. The summed E-state index contributed by atoms with van der Waals surface area (Å²) in [5, 5.41) is 9.67. The van der Waals surface area contributed by atoms with E-state index in [2.05, 4.69) is 25.6 Å². The highest BCUT2D eigenvalue weighted by molar-refractivity contribution is 5.24. The quantitative estimate of drug-likeness (QED) is 0.707. The molecule has 0 aliphatic heterocycles. The third-order valence-electron chi connectivity index (χ3n) is 2.29. The summed E-state index contributed by atoms with van der Waals surface area (Å²) in [7, 11) is 0. The van der Waals surface area contributed by atoms with Crippen LogP contribution in [0.2, 0.25) is 0 Å². The molecule has 14 heavy (non-hydrogen) atoms. The summed E-state index contributed by atoms with van der Waals surface area (Å²) >= 11 is 0. The Hall–Kier alpha value is -1.08. The average molecular weight is 190 g/mol. The minimum atomic E-state index is -0.400. The van der Waals surface area contributed by atoms with Crippen LogP contribution in [0.3, 0.4) is 0 Å². The second-order valence-corrected chi connectivity index (χ2v) is 3.53. The van der Waals surface area contributed by atoms with Crippen LogP contribution in [0.1, 0.15) is 37.0 Å². The van der Waals surface area contributed by atoms with Crippen LogP contribution in [0.25, 0.3) is 0 Å². The smallest absolute Gasteiger partial charge is 0.0824 e. The van der Waals surface area contributed by atoms with Crippen LogP contribution >= 0.6 is 0 Å². The van der Waals surface area contributed by atoms with Crippen molar-refractivity contribution in [3.63, 3.8) is 0 Å². The molecule has 1 aromatic carbocycles. The molecular weight excluding hydrogens is 172 g/mol. The Balaban J connectivity index is 2.67. The SMILES string of the molecule is C=CCC(O)c1ccc(CCC)cc1. The maximum absolute atomic E-state index is 9.67. The summed E-state index contributed by atoms with van der Waals surface area (Å²) < 4.78 is 0. The molecule has 0 saturated heterocycles. The number of benzene rings is 1. The molecule has 0 bridgehead atoms. The van der Waals surface area contributed by atoms with Crippen molar-refractivity contribution in [2.75, 3.05) is 0 Å². The number of aliphatic hydroxyl groups excluding tert-OH is 1. The maximum Gasteiger partial charge on any atom is 0.0824 e. The maximum atomic E-state index is 9.67. The zero-order chi connectivity index (χ0) is 10.4. The van der Waals surface area contributed by atoms with Crippen LogP contribution in [0, 0.1) is 0 Å². The van der Waals surface area contributed by atoms with E-state index in [1.54, 1.807) is 6.08 Å². The number of rotatable bonds is 5. The average Bonchev–Trinajstić information content (AvgIpc) is 2.20. The van der Waals surface area contributed by atoms with Gasteiger partial charge >= 0.3 is 0 Å². The lowest BCUT2D eigenvalue weighted by Gasteiger charge is -2.08.